The molecule has 0 atom stereocenters. The lowest BCUT2D eigenvalue weighted by molar-refractivity contribution is 0.173. The zero-order valence-electron chi connectivity index (χ0n) is 10.7. The summed E-state index contributed by atoms with van der Waals surface area (Å²) in [6.07, 6.45) is 3.83. The fourth-order valence-electron chi connectivity index (χ4n) is 1.84. The van der Waals surface area contributed by atoms with E-state index in [-0.39, 0.29) is 6.79 Å². The molecule has 98 valence electrons. The molecule has 4 heteroatoms. The van der Waals surface area contributed by atoms with Gasteiger partial charge in [0.05, 0.1) is 6.61 Å². The van der Waals surface area contributed by atoms with Crippen molar-refractivity contribution in [1.82, 2.24) is 5.32 Å². The maximum Gasteiger partial charge on any atom is 0.231 e. The first-order chi connectivity index (χ1) is 8.85. The molecule has 1 aromatic rings. The molecule has 18 heavy (non-hydrogen) atoms. The highest BCUT2D eigenvalue weighted by molar-refractivity contribution is 5.51. The summed E-state index contributed by atoms with van der Waals surface area (Å²) in [6.45, 7) is 5.41. The van der Waals surface area contributed by atoms with Gasteiger partial charge >= 0.3 is 0 Å². The molecule has 0 saturated carbocycles. The summed E-state index contributed by atoms with van der Waals surface area (Å²) in [7, 11) is 1.91. The van der Waals surface area contributed by atoms with Crippen molar-refractivity contribution in [3.63, 3.8) is 0 Å². The molecule has 1 aromatic carbocycles. The topological polar surface area (TPSA) is 39.7 Å². The quantitative estimate of drug-likeness (QED) is 0.595. The molecular formula is C14H19NO3. The summed E-state index contributed by atoms with van der Waals surface area (Å²) in [5.74, 6) is 2.41. The van der Waals surface area contributed by atoms with Crippen molar-refractivity contribution in [3.05, 3.63) is 30.4 Å². The smallest absolute Gasteiger partial charge is 0.231 e. The minimum atomic E-state index is 0.286. The molecule has 1 heterocycles. The largest absolute Gasteiger partial charge is 0.493 e. The second kappa shape index (κ2) is 6.31. The van der Waals surface area contributed by atoms with E-state index in [1.165, 1.54) is 0 Å². The summed E-state index contributed by atoms with van der Waals surface area (Å²) >= 11 is 0. The van der Waals surface area contributed by atoms with Crippen molar-refractivity contribution in [2.75, 3.05) is 20.4 Å². The van der Waals surface area contributed by atoms with Crippen LogP contribution < -0.4 is 19.5 Å². The maximum absolute atomic E-state index is 5.79. The summed E-state index contributed by atoms with van der Waals surface area (Å²) < 4.78 is 16.5. The lowest BCUT2D eigenvalue weighted by Crippen LogP contribution is -2.08. The third-order valence-corrected chi connectivity index (χ3v) is 2.73. The molecule has 0 fully saturated rings. The van der Waals surface area contributed by atoms with Gasteiger partial charge in [-0.1, -0.05) is 6.08 Å². The Morgan fingerprint density at radius 3 is 2.89 bits per heavy atom. The fourth-order valence-corrected chi connectivity index (χ4v) is 1.84. The summed E-state index contributed by atoms with van der Waals surface area (Å²) in [5.41, 5.74) is 1.08. The van der Waals surface area contributed by atoms with Crippen molar-refractivity contribution in [1.29, 1.82) is 0 Å². The Hall–Kier alpha value is -1.68. The van der Waals surface area contributed by atoms with Gasteiger partial charge in [-0.3, -0.25) is 0 Å². The van der Waals surface area contributed by atoms with Gasteiger partial charge in [-0.15, -0.1) is 6.58 Å². The standard InChI is InChI=1S/C14H19NO3/c1-3-4-5-6-16-12-8-14-13(17-10-18-14)7-11(12)9-15-2/h3,7-8,15H,1,4-6,9-10H2,2H3. The van der Waals surface area contributed by atoms with E-state index in [1.54, 1.807) is 0 Å². The highest BCUT2D eigenvalue weighted by Gasteiger charge is 2.17. The zero-order chi connectivity index (χ0) is 12.8. The maximum atomic E-state index is 5.79. The summed E-state index contributed by atoms with van der Waals surface area (Å²) in [6, 6.07) is 3.88. The van der Waals surface area contributed by atoms with E-state index in [1.807, 2.05) is 25.3 Å². The number of ether oxygens (including phenoxy) is 3. The minimum absolute atomic E-state index is 0.286. The van der Waals surface area contributed by atoms with Crippen LogP contribution in [-0.4, -0.2) is 20.4 Å². The molecule has 0 aliphatic carbocycles. The van der Waals surface area contributed by atoms with Crippen LogP contribution in [0.1, 0.15) is 18.4 Å². The summed E-state index contributed by atoms with van der Waals surface area (Å²) in [4.78, 5) is 0. The second-order valence-corrected chi connectivity index (χ2v) is 4.12. The predicted molar refractivity (Wildman–Crippen MR) is 70.3 cm³/mol. The monoisotopic (exact) mass is 249 g/mol. The van der Waals surface area contributed by atoms with E-state index < -0.39 is 0 Å². The van der Waals surface area contributed by atoms with Gasteiger partial charge in [-0.25, -0.2) is 0 Å². The number of hydrogen-bond donors (Lipinski definition) is 1. The third-order valence-electron chi connectivity index (χ3n) is 2.73. The van der Waals surface area contributed by atoms with E-state index in [0.717, 1.165) is 42.2 Å². The Bertz CT molecular complexity index is 418. The molecule has 0 radical (unpaired) electrons. The Morgan fingerprint density at radius 1 is 1.39 bits per heavy atom. The van der Waals surface area contributed by atoms with Crippen molar-refractivity contribution < 1.29 is 14.2 Å². The average Bonchev–Trinajstić information content (AvgIpc) is 2.82. The molecule has 0 bridgehead atoms. The van der Waals surface area contributed by atoms with Gasteiger partial charge in [-0.05, 0) is 26.0 Å². The van der Waals surface area contributed by atoms with Crippen molar-refractivity contribution >= 4 is 0 Å². The molecule has 4 nitrogen and oxygen atoms in total. The summed E-state index contributed by atoms with van der Waals surface area (Å²) in [5, 5.41) is 3.12. The average molecular weight is 249 g/mol. The molecule has 0 aromatic heterocycles. The van der Waals surface area contributed by atoms with E-state index in [0.29, 0.717) is 6.61 Å². The molecule has 0 saturated heterocycles. The van der Waals surface area contributed by atoms with Gasteiger partial charge in [-0.2, -0.15) is 0 Å². The Labute approximate surface area is 108 Å². The minimum Gasteiger partial charge on any atom is -0.493 e. The molecule has 2 rings (SSSR count). The lowest BCUT2D eigenvalue weighted by Gasteiger charge is -2.12. The molecule has 0 unspecified atom stereocenters. The first-order valence-corrected chi connectivity index (χ1v) is 6.16. The van der Waals surface area contributed by atoms with Crippen LogP contribution in [0.4, 0.5) is 0 Å². The van der Waals surface area contributed by atoms with Gasteiger partial charge in [0.25, 0.3) is 0 Å². The Balaban J connectivity index is 2.08. The van der Waals surface area contributed by atoms with Crippen molar-refractivity contribution in [2.24, 2.45) is 0 Å². The molecule has 1 N–H and O–H groups in total. The molecule has 1 aliphatic heterocycles. The molecule has 0 spiro atoms. The Kier molecular flexibility index (Phi) is 4.47. The predicted octanol–water partition coefficient (Wildman–Crippen LogP) is 2.48. The van der Waals surface area contributed by atoms with Crippen molar-refractivity contribution in [3.8, 4) is 17.2 Å². The SMILES string of the molecule is C=CCCCOc1cc2c(cc1CNC)OCO2. The van der Waals surface area contributed by atoms with Crippen LogP contribution in [0.2, 0.25) is 0 Å². The van der Waals surface area contributed by atoms with Gasteiger partial charge in [0.2, 0.25) is 6.79 Å². The normalized spacial score (nSPS) is 12.5. The first-order valence-electron chi connectivity index (χ1n) is 6.16. The van der Waals surface area contributed by atoms with Gasteiger partial charge in [0, 0.05) is 18.2 Å². The van der Waals surface area contributed by atoms with Crippen LogP contribution in [-0.2, 0) is 6.54 Å². The van der Waals surface area contributed by atoms with Crippen LogP contribution >= 0.6 is 0 Å². The van der Waals surface area contributed by atoms with Crippen LogP contribution in [0, 0.1) is 0 Å². The van der Waals surface area contributed by atoms with Gasteiger partial charge < -0.3 is 19.5 Å². The lowest BCUT2D eigenvalue weighted by atomic mass is 10.1. The van der Waals surface area contributed by atoms with E-state index in [9.17, 15) is 0 Å². The zero-order valence-corrected chi connectivity index (χ0v) is 10.7. The van der Waals surface area contributed by atoms with Crippen LogP contribution in [0.5, 0.6) is 17.2 Å². The van der Waals surface area contributed by atoms with E-state index in [4.69, 9.17) is 14.2 Å². The Morgan fingerprint density at radius 2 is 2.17 bits per heavy atom. The van der Waals surface area contributed by atoms with Crippen LogP contribution in [0.15, 0.2) is 24.8 Å². The first kappa shape index (κ1) is 12.8. The number of rotatable bonds is 7. The van der Waals surface area contributed by atoms with Gasteiger partial charge in [0.15, 0.2) is 11.5 Å². The molecule has 0 amide bonds. The number of fused-ring (bicyclic) bond motifs is 1. The number of unbranched alkanes of at least 4 members (excludes halogenated alkanes) is 1. The van der Waals surface area contributed by atoms with Gasteiger partial charge in [0.1, 0.15) is 5.75 Å². The molecule has 1 aliphatic rings. The highest BCUT2D eigenvalue weighted by Crippen LogP contribution is 2.38. The number of benzene rings is 1. The number of nitrogens with one attached hydrogen (secondary N) is 1. The highest BCUT2D eigenvalue weighted by atomic mass is 16.7. The number of allylic oxidation sites excluding steroid dienone is 1. The fraction of sp³-hybridized carbons (Fsp3) is 0.429. The van der Waals surface area contributed by atoms with Crippen molar-refractivity contribution in [2.45, 2.75) is 19.4 Å². The van der Waals surface area contributed by atoms with E-state index >= 15 is 0 Å². The van der Waals surface area contributed by atoms with Crippen LogP contribution in [0.25, 0.3) is 0 Å². The van der Waals surface area contributed by atoms with Crippen LogP contribution in [0.3, 0.4) is 0 Å². The third kappa shape index (κ3) is 2.96. The molecular weight excluding hydrogens is 230 g/mol. The van der Waals surface area contributed by atoms with E-state index in [2.05, 4.69) is 11.9 Å². The second-order valence-electron chi connectivity index (χ2n) is 4.12. The number of hydrogen-bond acceptors (Lipinski definition) is 4.